The molecule has 2 aromatic rings. The number of nitrogens with zero attached hydrogens (tertiary/aromatic N) is 6. The van der Waals surface area contributed by atoms with E-state index in [1.165, 1.54) is 6.20 Å². The van der Waals surface area contributed by atoms with Crippen LogP contribution in [-0.2, 0) is 6.18 Å². The van der Waals surface area contributed by atoms with E-state index in [0.29, 0.717) is 18.8 Å². The number of nitrogen functional groups attached to an aromatic ring is 1. The van der Waals surface area contributed by atoms with Crippen LogP contribution in [-0.4, -0.2) is 81.4 Å². The van der Waals surface area contributed by atoms with Gasteiger partial charge in [-0.3, -0.25) is 14.5 Å². The number of aryl methyl sites for hydroxylation is 1. The van der Waals surface area contributed by atoms with Crippen LogP contribution in [0.3, 0.4) is 0 Å². The number of carbonyl (C=O) groups is 2. The van der Waals surface area contributed by atoms with E-state index in [0.717, 1.165) is 56.8 Å². The Morgan fingerprint density at radius 3 is 2.38 bits per heavy atom. The average Bonchev–Trinajstić information content (AvgIpc) is 2.87. The van der Waals surface area contributed by atoms with Gasteiger partial charge in [0.25, 0.3) is 11.8 Å². The molecule has 2 saturated heterocycles. The van der Waals surface area contributed by atoms with Crippen molar-refractivity contribution in [2.24, 2.45) is 5.73 Å². The standard InChI is InChI=1S/C24H31F3N8O2/c1-3-15-13-34(22-14(2)31-18(12-30-22)21(29)36)10-11-35(15)16-6-8-33(9-7-16)23(37)17-4-5-19(24(25,26)27)32-20(17)28/h4-5,12,15-16H,3,6-11,13H2,1-2H3,(H2,28,32)(H2,29,36)/t15-/m0/s1. The first kappa shape index (κ1) is 26.6. The van der Waals surface area contributed by atoms with Crippen molar-refractivity contribution in [3.05, 3.63) is 41.0 Å². The highest BCUT2D eigenvalue weighted by atomic mass is 19.4. The summed E-state index contributed by atoms with van der Waals surface area (Å²) in [5.41, 5.74) is 10.7. The van der Waals surface area contributed by atoms with E-state index in [2.05, 4.69) is 31.7 Å². The molecule has 0 aromatic carbocycles. The Bertz CT molecular complexity index is 1170. The van der Waals surface area contributed by atoms with E-state index < -0.39 is 29.5 Å². The van der Waals surface area contributed by atoms with Crippen LogP contribution >= 0.6 is 0 Å². The van der Waals surface area contributed by atoms with Crippen LogP contribution in [0.2, 0.25) is 0 Å². The van der Waals surface area contributed by atoms with E-state index >= 15 is 0 Å². The molecule has 13 heteroatoms. The minimum Gasteiger partial charge on any atom is -0.383 e. The summed E-state index contributed by atoms with van der Waals surface area (Å²) in [6, 6.07) is 2.44. The van der Waals surface area contributed by atoms with Crippen LogP contribution in [0.15, 0.2) is 18.3 Å². The minimum absolute atomic E-state index is 0.00895. The largest absolute Gasteiger partial charge is 0.433 e. The van der Waals surface area contributed by atoms with Crippen molar-refractivity contribution < 1.29 is 22.8 Å². The smallest absolute Gasteiger partial charge is 0.383 e. The molecule has 0 radical (unpaired) electrons. The second kappa shape index (κ2) is 10.5. The lowest BCUT2D eigenvalue weighted by Gasteiger charge is -2.47. The Kier molecular flexibility index (Phi) is 7.53. The maximum Gasteiger partial charge on any atom is 0.433 e. The predicted molar refractivity (Wildman–Crippen MR) is 131 cm³/mol. The summed E-state index contributed by atoms with van der Waals surface area (Å²) in [5, 5.41) is 0. The number of hydrogen-bond donors (Lipinski definition) is 2. The Morgan fingerprint density at radius 1 is 1.11 bits per heavy atom. The normalized spacial score (nSPS) is 19.8. The third kappa shape index (κ3) is 5.60. The summed E-state index contributed by atoms with van der Waals surface area (Å²) in [6.07, 6.45) is -0.782. The van der Waals surface area contributed by atoms with Crippen LogP contribution in [0.1, 0.15) is 58.4 Å². The van der Waals surface area contributed by atoms with Crippen LogP contribution in [0.4, 0.5) is 24.8 Å². The van der Waals surface area contributed by atoms with Gasteiger partial charge in [0.15, 0.2) is 0 Å². The van der Waals surface area contributed by atoms with Crippen molar-refractivity contribution in [1.82, 2.24) is 24.8 Å². The molecule has 0 aliphatic carbocycles. The summed E-state index contributed by atoms with van der Waals surface area (Å²) < 4.78 is 38.6. The highest BCUT2D eigenvalue weighted by molar-refractivity contribution is 5.98. The molecule has 0 bridgehead atoms. The van der Waals surface area contributed by atoms with Gasteiger partial charge in [-0.25, -0.2) is 15.0 Å². The number of aromatic nitrogens is 3. The van der Waals surface area contributed by atoms with E-state index in [1.54, 1.807) is 4.90 Å². The fraction of sp³-hybridized carbons (Fsp3) is 0.542. The predicted octanol–water partition coefficient (Wildman–Crippen LogP) is 2.09. The maximum absolute atomic E-state index is 12.9. The quantitative estimate of drug-likeness (QED) is 0.612. The number of primary amides is 1. The monoisotopic (exact) mass is 520 g/mol. The molecule has 10 nitrogen and oxygen atoms in total. The van der Waals surface area contributed by atoms with Gasteiger partial charge in [-0.1, -0.05) is 6.92 Å². The first-order valence-electron chi connectivity index (χ1n) is 12.3. The topological polar surface area (TPSA) is 135 Å². The average molecular weight is 521 g/mol. The van der Waals surface area contributed by atoms with Crippen molar-refractivity contribution >= 4 is 23.5 Å². The molecular formula is C24H31F3N8O2. The molecule has 4 heterocycles. The molecule has 2 aromatic heterocycles. The molecule has 2 aliphatic rings. The zero-order chi connectivity index (χ0) is 26.9. The highest BCUT2D eigenvalue weighted by Gasteiger charge is 2.36. The van der Waals surface area contributed by atoms with Gasteiger partial charge in [0.2, 0.25) is 0 Å². The number of hydrogen-bond acceptors (Lipinski definition) is 8. The number of alkyl halides is 3. The lowest BCUT2D eigenvalue weighted by Crippen LogP contribution is -2.59. The number of piperidine rings is 1. The van der Waals surface area contributed by atoms with Crippen LogP contribution in [0, 0.1) is 6.92 Å². The number of anilines is 2. The summed E-state index contributed by atoms with van der Waals surface area (Å²) in [4.78, 5) is 42.7. The van der Waals surface area contributed by atoms with Crippen molar-refractivity contribution in [1.29, 1.82) is 0 Å². The number of carbonyl (C=O) groups excluding carboxylic acids is 2. The van der Waals surface area contributed by atoms with Gasteiger partial charge in [-0.15, -0.1) is 0 Å². The molecular weight excluding hydrogens is 489 g/mol. The molecule has 2 aliphatic heterocycles. The summed E-state index contributed by atoms with van der Waals surface area (Å²) >= 11 is 0. The summed E-state index contributed by atoms with van der Waals surface area (Å²) in [5.74, 6) is -0.680. The Balaban J connectivity index is 1.37. The Morgan fingerprint density at radius 2 is 1.81 bits per heavy atom. The molecule has 0 unspecified atom stereocenters. The highest BCUT2D eigenvalue weighted by Crippen LogP contribution is 2.30. The van der Waals surface area contributed by atoms with Gasteiger partial charge >= 0.3 is 6.18 Å². The third-order valence-electron chi connectivity index (χ3n) is 7.14. The molecule has 200 valence electrons. The molecule has 0 spiro atoms. The Labute approximate surface area is 212 Å². The minimum atomic E-state index is -4.62. The second-order valence-corrected chi connectivity index (χ2v) is 9.42. The fourth-order valence-electron chi connectivity index (χ4n) is 5.20. The molecule has 37 heavy (non-hydrogen) atoms. The first-order valence-corrected chi connectivity index (χ1v) is 12.3. The Hall–Kier alpha value is -3.48. The SMILES string of the molecule is CC[C@H]1CN(c2ncc(C(N)=O)nc2C)CCN1C1CCN(C(=O)c2ccc(C(F)(F)F)nc2N)CC1. The summed E-state index contributed by atoms with van der Waals surface area (Å²) in [7, 11) is 0. The number of rotatable bonds is 5. The van der Waals surface area contributed by atoms with Gasteiger partial charge in [-0.2, -0.15) is 13.2 Å². The molecule has 4 N–H and O–H groups in total. The number of pyridine rings is 1. The summed E-state index contributed by atoms with van der Waals surface area (Å²) in [6.45, 7) is 7.23. The fourth-order valence-corrected chi connectivity index (χ4v) is 5.20. The van der Waals surface area contributed by atoms with Crippen molar-refractivity contribution in [2.45, 2.75) is 51.4 Å². The van der Waals surface area contributed by atoms with Crippen molar-refractivity contribution in [2.75, 3.05) is 43.4 Å². The molecule has 2 fully saturated rings. The van der Waals surface area contributed by atoms with E-state index in [1.807, 2.05) is 6.92 Å². The van der Waals surface area contributed by atoms with Gasteiger partial charge in [0, 0.05) is 44.8 Å². The van der Waals surface area contributed by atoms with Crippen LogP contribution in [0.5, 0.6) is 0 Å². The molecule has 1 atom stereocenters. The third-order valence-corrected chi connectivity index (χ3v) is 7.14. The van der Waals surface area contributed by atoms with E-state index in [4.69, 9.17) is 11.5 Å². The number of amides is 2. The van der Waals surface area contributed by atoms with Crippen LogP contribution in [0.25, 0.3) is 0 Å². The van der Waals surface area contributed by atoms with E-state index in [9.17, 15) is 22.8 Å². The van der Waals surface area contributed by atoms with Crippen LogP contribution < -0.4 is 16.4 Å². The van der Waals surface area contributed by atoms with Gasteiger partial charge in [-0.05, 0) is 38.3 Å². The molecule has 0 saturated carbocycles. The molecule has 4 rings (SSSR count). The van der Waals surface area contributed by atoms with Crippen molar-refractivity contribution in [3.8, 4) is 0 Å². The van der Waals surface area contributed by atoms with E-state index in [-0.39, 0.29) is 23.3 Å². The number of piperazine rings is 1. The zero-order valence-corrected chi connectivity index (χ0v) is 20.8. The number of nitrogens with two attached hydrogens (primary N) is 2. The lowest BCUT2D eigenvalue weighted by atomic mass is 9.97. The number of halogens is 3. The number of likely N-dealkylation sites (tertiary alicyclic amines) is 1. The van der Waals surface area contributed by atoms with Gasteiger partial charge < -0.3 is 21.3 Å². The lowest BCUT2D eigenvalue weighted by molar-refractivity contribution is -0.141. The maximum atomic E-state index is 12.9. The zero-order valence-electron chi connectivity index (χ0n) is 20.8. The van der Waals surface area contributed by atoms with Gasteiger partial charge in [0.1, 0.15) is 23.0 Å². The van der Waals surface area contributed by atoms with Gasteiger partial charge in [0.05, 0.1) is 17.5 Å². The first-order chi connectivity index (χ1) is 17.5. The van der Waals surface area contributed by atoms with Crippen molar-refractivity contribution in [3.63, 3.8) is 0 Å². The second-order valence-electron chi connectivity index (χ2n) is 9.42. The molecule has 2 amide bonds.